The second-order valence-electron chi connectivity index (χ2n) is 14.2. The van der Waals surface area contributed by atoms with Gasteiger partial charge in [-0.25, -0.2) is 0 Å². The molecular formula is C31H46O3. The van der Waals surface area contributed by atoms with Crippen LogP contribution in [0.4, 0.5) is 0 Å². The minimum absolute atomic E-state index is 0.0153. The number of aldehydes is 1. The molecule has 0 aromatic carbocycles. The van der Waals surface area contributed by atoms with Crippen LogP contribution in [-0.4, -0.2) is 19.4 Å². The third-order valence-electron chi connectivity index (χ3n) is 12.9. The molecule has 0 bridgehead atoms. The molecule has 188 valence electrons. The van der Waals surface area contributed by atoms with Crippen molar-refractivity contribution < 1.29 is 14.3 Å². The van der Waals surface area contributed by atoms with Gasteiger partial charge in [0.25, 0.3) is 0 Å². The van der Waals surface area contributed by atoms with E-state index in [1.54, 1.807) is 7.11 Å². The molecule has 0 heterocycles. The van der Waals surface area contributed by atoms with Gasteiger partial charge in [0.1, 0.15) is 6.29 Å². The van der Waals surface area contributed by atoms with Crippen LogP contribution in [0.15, 0.2) is 23.3 Å². The molecule has 0 spiro atoms. The molecule has 3 heteroatoms. The Bertz CT molecular complexity index is 973. The predicted octanol–water partition coefficient (Wildman–Crippen LogP) is 7.16. The summed E-state index contributed by atoms with van der Waals surface area (Å²) in [5.41, 5.74) is 2.78. The van der Waals surface area contributed by atoms with Gasteiger partial charge in [0, 0.05) is 5.92 Å². The molecule has 3 fully saturated rings. The maximum absolute atomic E-state index is 13.3. The first kappa shape index (κ1) is 24.3. The number of allylic oxidation sites excluding steroid dienone is 3. The van der Waals surface area contributed by atoms with Gasteiger partial charge >= 0.3 is 5.97 Å². The molecule has 0 radical (unpaired) electrons. The van der Waals surface area contributed by atoms with E-state index >= 15 is 0 Å². The fourth-order valence-corrected chi connectivity index (χ4v) is 10.4. The summed E-state index contributed by atoms with van der Waals surface area (Å²) in [6, 6.07) is 0. The molecular weight excluding hydrogens is 420 g/mol. The molecule has 9 atom stereocenters. The maximum atomic E-state index is 13.3. The largest absolute Gasteiger partial charge is 0.468 e. The molecule has 0 aromatic heterocycles. The highest BCUT2D eigenvalue weighted by Gasteiger charge is 2.69. The van der Waals surface area contributed by atoms with Gasteiger partial charge in [-0.05, 0) is 101 Å². The Balaban J connectivity index is 1.70. The Kier molecular flexibility index (Phi) is 5.24. The lowest BCUT2D eigenvalue weighted by molar-refractivity contribution is -0.156. The lowest BCUT2D eigenvalue weighted by Crippen LogP contribution is -2.59. The van der Waals surface area contributed by atoms with Crippen molar-refractivity contribution in [2.45, 2.75) is 93.4 Å². The number of fused-ring (bicyclic) bond motifs is 6. The zero-order valence-corrected chi connectivity index (χ0v) is 22.8. The molecule has 34 heavy (non-hydrogen) atoms. The molecule has 0 saturated heterocycles. The average molecular weight is 467 g/mol. The van der Waals surface area contributed by atoms with Gasteiger partial charge in [-0.2, -0.15) is 0 Å². The number of hydrogen-bond donors (Lipinski definition) is 0. The summed E-state index contributed by atoms with van der Waals surface area (Å²) in [5.74, 6) is 2.13. The Morgan fingerprint density at radius 3 is 2.38 bits per heavy atom. The average Bonchev–Trinajstić information content (AvgIpc) is 3.00. The molecule has 0 amide bonds. The van der Waals surface area contributed by atoms with Crippen molar-refractivity contribution in [1.29, 1.82) is 0 Å². The van der Waals surface area contributed by atoms with Gasteiger partial charge < -0.3 is 9.53 Å². The summed E-state index contributed by atoms with van der Waals surface area (Å²) in [6.45, 7) is 16.9. The predicted molar refractivity (Wildman–Crippen MR) is 136 cm³/mol. The summed E-state index contributed by atoms with van der Waals surface area (Å²) in [4.78, 5) is 25.5. The van der Waals surface area contributed by atoms with Crippen LogP contribution in [0, 0.1) is 56.7 Å². The fourth-order valence-electron chi connectivity index (χ4n) is 10.4. The summed E-state index contributed by atoms with van der Waals surface area (Å²) in [5, 5.41) is 0. The van der Waals surface area contributed by atoms with E-state index in [1.807, 2.05) is 0 Å². The number of rotatable bonds is 2. The first-order chi connectivity index (χ1) is 15.8. The van der Waals surface area contributed by atoms with E-state index in [0.29, 0.717) is 23.7 Å². The number of esters is 1. The molecule has 0 N–H and O–H groups in total. The summed E-state index contributed by atoms with van der Waals surface area (Å²) in [6.07, 6.45) is 13.6. The van der Waals surface area contributed by atoms with Crippen molar-refractivity contribution in [1.82, 2.24) is 0 Å². The zero-order valence-electron chi connectivity index (χ0n) is 22.8. The van der Waals surface area contributed by atoms with Crippen molar-refractivity contribution in [3.63, 3.8) is 0 Å². The van der Waals surface area contributed by atoms with E-state index in [-0.39, 0.29) is 33.5 Å². The SMILES string of the molecule is COC(=O)[C@]12CC[C@@H](C)[C@H](C)C1=C1C=C[C@@H]3[C@@]4(C)C[C@H](C=O)C(C)(C)[C@@H]4CC[C@@]3(C)[C@]1(C)CC2. The highest BCUT2D eigenvalue weighted by molar-refractivity contribution is 5.82. The smallest absolute Gasteiger partial charge is 0.315 e. The van der Waals surface area contributed by atoms with Crippen molar-refractivity contribution in [3.8, 4) is 0 Å². The van der Waals surface area contributed by atoms with Crippen LogP contribution in [0.1, 0.15) is 93.4 Å². The van der Waals surface area contributed by atoms with E-state index in [9.17, 15) is 9.59 Å². The Morgan fingerprint density at radius 2 is 1.74 bits per heavy atom. The fraction of sp³-hybridized carbons (Fsp3) is 0.806. The summed E-state index contributed by atoms with van der Waals surface area (Å²) >= 11 is 0. The minimum Gasteiger partial charge on any atom is -0.468 e. The second-order valence-corrected chi connectivity index (χ2v) is 14.2. The van der Waals surface area contributed by atoms with Gasteiger partial charge in [-0.3, -0.25) is 4.79 Å². The number of ether oxygens (including phenoxy) is 1. The normalized spacial score (nSPS) is 51.1. The van der Waals surface area contributed by atoms with E-state index < -0.39 is 5.41 Å². The first-order valence-electron chi connectivity index (χ1n) is 13.8. The van der Waals surface area contributed by atoms with E-state index in [0.717, 1.165) is 32.1 Å². The van der Waals surface area contributed by atoms with Crippen LogP contribution in [0.25, 0.3) is 0 Å². The van der Waals surface area contributed by atoms with Gasteiger partial charge in [0.05, 0.1) is 12.5 Å². The third-order valence-corrected chi connectivity index (χ3v) is 12.9. The van der Waals surface area contributed by atoms with E-state index in [2.05, 4.69) is 60.6 Å². The van der Waals surface area contributed by atoms with Gasteiger partial charge in [0.15, 0.2) is 0 Å². The van der Waals surface area contributed by atoms with Crippen LogP contribution >= 0.6 is 0 Å². The molecule has 5 aliphatic carbocycles. The van der Waals surface area contributed by atoms with Crippen molar-refractivity contribution in [3.05, 3.63) is 23.3 Å². The number of carbonyl (C=O) groups is 2. The highest BCUT2D eigenvalue weighted by Crippen LogP contribution is 2.75. The van der Waals surface area contributed by atoms with E-state index in [4.69, 9.17) is 4.74 Å². The minimum atomic E-state index is -0.442. The lowest BCUT2D eigenvalue weighted by atomic mass is 9.38. The van der Waals surface area contributed by atoms with E-state index in [1.165, 1.54) is 30.3 Å². The van der Waals surface area contributed by atoms with Crippen molar-refractivity contribution in [2.75, 3.05) is 7.11 Å². The Hall–Kier alpha value is -1.38. The molecule has 0 unspecified atom stereocenters. The molecule has 0 aliphatic heterocycles. The standard InChI is InChI=1S/C31H46O3/c1-19-11-14-31(26(33)34-8)16-15-29(6)22(25(31)20(19)2)9-10-24-28(5)17-21(18-32)27(3,4)23(28)12-13-30(24,29)7/h9-10,18-21,23-24H,11-17H2,1-8H3/t19-,20+,21-,23+,24-,28+,29-,30-,31+/m1/s1. The van der Waals surface area contributed by atoms with Crippen LogP contribution in [0.2, 0.25) is 0 Å². The number of hydrogen-bond acceptors (Lipinski definition) is 3. The molecule has 5 aliphatic rings. The van der Waals surface area contributed by atoms with Crippen molar-refractivity contribution >= 4 is 12.3 Å². The Labute approximate surface area is 207 Å². The monoisotopic (exact) mass is 466 g/mol. The highest BCUT2D eigenvalue weighted by atomic mass is 16.5. The van der Waals surface area contributed by atoms with Crippen LogP contribution in [0.5, 0.6) is 0 Å². The molecule has 3 saturated carbocycles. The molecule has 3 nitrogen and oxygen atoms in total. The van der Waals surface area contributed by atoms with Crippen LogP contribution < -0.4 is 0 Å². The Morgan fingerprint density at radius 1 is 1.03 bits per heavy atom. The lowest BCUT2D eigenvalue weighted by Gasteiger charge is -2.66. The van der Waals surface area contributed by atoms with Crippen LogP contribution in [-0.2, 0) is 14.3 Å². The quantitative estimate of drug-likeness (QED) is 0.320. The van der Waals surface area contributed by atoms with Gasteiger partial charge in [-0.1, -0.05) is 60.6 Å². The number of carbonyl (C=O) groups excluding carboxylic acids is 2. The summed E-state index contributed by atoms with van der Waals surface area (Å²) < 4.78 is 5.47. The second kappa shape index (κ2) is 7.32. The maximum Gasteiger partial charge on any atom is 0.315 e. The van der Waals surface area contributed by atoms with Crippen molar-refractivity contribution in [2.24, 2.45) is 56.7 Å². The third kappa shape index (κ3) is 2.65. The van der Waals surface area contributed by atoms with Crippen LogP contribution in [0.3, 0.4) is 0 Å². The molecule has 5 rings (SSSR count). The summed E-state index contributed by atoms with van der Waals surface area (Å²) in [7, 11) is 1.57. The molecule has 0 aromatic rings. The van der Waals surface area contributed by atoms with Gasteiger partial charge in [0.2, 0.25) is 0 Å². The topological polar surface area (TPSA) is 43.4 Å². The van der Waals surface area contributed by atoms with Gasteiger partial charge in [-0.15, -0.1) is 0 Å². The number of methoxy groups -OCH3 is 1. The first-order valence-corrected chi connectivity index (χ1v) is 13.8. The zero-order chi connectivity index (χ0) is 24.9.